The van der Waals surface area contributed by atoms with Crippen molar-refractivity contribution in [3.05, 3.63) is 9.47 Å². The van der Waals surface area contributed by atoms with E-state index in [9.17, 15) is 4.79 Å². The van der Waals surface area contributed by atoms with Crippen LogP contribution in [0.1, 0.15) is 29.6 Å². The van der Waals surface area contributed by atoms with Crippen LogP contribution in [0.4, 0.5) is 0 Å². The number of aromatic nitrogens is 2. The van der Waals surface area contributed by atoms with E-state index in [0.717, 1.165) is 24.2 Å². The van der Waals surface area contributed by atoms with Crippen molar-refractivity contribution in [3.63, 3.8) is 0 Å². The number of halogens is 1. The summed E-state index contributed by atoms with van der Waals surface area (Å²) in [5, 5.41) is 10.4. The summed E-state index contributed by atoms with van der Waals surface area (Å²) in [7, 11) is 1.61. The molecule has 1 rings (SSSR count). The lowest BCUT2D eigenvalue weighted by Gasteiger charge is -2.15. The number of carbonyl (C=O) groups is 1. The molecule has 7 heteroatoms. The molecule has 0 fully saturated rings. The van der Waals surface area contributed by atoms with Crippen LogP contribution in [0.5, 0.6) is 0 Å². The molecular formula is C9H14ClN3O2S. The van der Waals surface area contributed by atoms with Gasteiger partial charge in [0.1, 0.15) is 0 Å². The number of methoxy groups -OCH3 is 1. The molecule has 0 radical (unpaired) electrons. The average Bonchev–Trinajstić information content (AvgIpc) is 2.65. The molecular weight excluding hydrogens is 250 g/mol. The molecule has 0 bridgehead atoms. The Morgan fingerprint density at radius 3 is 2.88 bits per heavy atom. The fraction of sp³-hybridized carbons (Fsp3) is 0.667. The first-order valence-corrected chi connectivity index (χ1v) is 6.15. The van der Waals surface area contributed by atoms with Crippen molar-refractivity contribution < 1.29 is 9.53 Å². The Morgan fingerprint density at radius 1 is 1.62 bits per heavy atom. The number of hydrogen-bond donors (Lipinski definition) is 1. The molecule has 0 aromatic carbocycles. The van der Waals surface area contributed by atoms with Crippen LogP contribution in [0.25, 0.3) is 0 Å². The topological polar surface area (TPSA) is 64.1 Å². The second-order valence-corrected chi connectivity index (χ2v) is 4.83. The normalized spacial score (nSPS) is 12.4. The van der Waals surface area contributed by atoms with Gasteiger partial charge in [0.25, 0.3) is 5.91 Å². The summed E-state index contributed by atoms with van der Waals surface area (Å²) in [6, 6.07) is 0.00479. The molecule has 0 saturated carbocycles. The first-order valence-electron chi connectivity index (χ1n) is 4.96. The Balaban J connectivity index is 2.54. The molecule has 0 aliphatic carbocycles. The second kappa shape index (κ2) is 6.78. The predicted octanol–water partition coefficient (Wildman–Crippen LogP) is 1.74. The van der Waals surface area contributed by atoms with Gasteiger partial charge in [0.15, 0.2) is 0 Å². The van der Waals surface area contributed by atoms with E-state index in [1.54, 1.807) is 7.11 Å². The molecule has 1 N–H and O–H groups in total. The molecule has 1 atom stereocenters. The van der Waals surface area contributed by atoms with Gasteiger partial charge in [-0.25, -0.2) is 0 Å². The predicted molar refractivity (Wildman–Crippen MR) is 63.0 cm³/mol. The monoisotopic (exact) mass is 263 g/mol. The van der Waals surface area contributed by atoms with Crippen LogP contribution < -0.4 is 5.32 Å². The largest absolute Gasteiger partial charge is 0.383 e. The molecule has 16 heavy (non-hydrogen) atoms. The molecule has 1 aromatic heterocycles. The number of rotatable bonds is 6. The van der Waals surface area contributed by atoms with Crippen molar-refractivity contribution >= 4 is 28.8 Å². The minimum absolute atomic E-state index is 0.00479. The summed E-state index contributed by atoms with van der Waals surface area (Å²) < 4.78 is 5.29. The highest BCUT2D eigenvalue weighted by atomic mass is 35.5. The number of ether oxygens (including phenoxy) is 1. The van der Waals surface area contributed by atoms with Crippen molar-refractivity contribution in [3.8, 4) is 0 Å². The lowest BCUT2D eigenvalue weighted by Crippen LogP contribution is -2.37. The van der Waals surface area contributed by atoms with E-state index in [1.807, 2.05) is 0 Å². The lowest BCUT2D eigenvalue weighted by molar-refractivity contribution is 0.0890. The molecule has 0 saturated heterocycles. The molecule has 0 aliphatic rings. The summed E-state index contributed by atoms with van der Waals surface area (Å²) in [6.45, 7) is 2.54. The fourth-order valence-electron chi connectivity index (χ4n) is 1.29. The fourth-order valence-corrected chi connectivity index (χ4v) is 2.02. The van der Waals surface area contributed by atoms with Gasteiger partial charge in [0.05, 0.1) is 12.6 Å². The molecule has 1 aromatic rings. The Hall–Kier alpha value is -0.720. The third-order valence-electron chi connectivity index (χ3n) is 1.93. The highest BCUT2D eigenvalue weighted by Crippen LogP contribution is 2.14. The van der Waals surface area contributed by atoms with Crippen LogP contribution >= 0.6 is 22.9 Å². The van der Waals surface area contributed by atoms with E-state index in [4.69, 9.17) is 16.3 Å². The molecule has 1 unspecified atom stereocenters. The zero-order valence-electron chi connectivity index (χ0n) is 9.20. The molecule has 90 valence electrons. The van der Waals surface area contributed by atoms with Gasteiger partial charge in [0, 0.05) is 7.11 Å². The zero-order chi connectivity index (χ0) is 12.0. The van der Waals surface area contributed by atoms with Crippen LogP contribution in [0, 0.1) is 0 Å². The van der Waals surface area contributed by atoms with Gasteiger partial charge in [0.2, 0.25) is 9.47 Å². The molecule has 0 aliphatic heterocycles. The average molecular weight is 264 g/mol. The highest BCUT2D eigenvalue weighted by Gasteiger charge is 2.16. The second-order valence-electron chi connectivity index (χ2n) is 3.27. The summed E-state index contributed by atoms with van der Waals surface area (Å²) in [4.78, 5) is 11.7. The minimum atomic E-state index is -0.250. The standard InChI is InChI=1S/C9H14ClN3O2S/c1-3-4-6(5-15-2)11-7(14)8-12-13-9(10)16-8/h6H,3-5H2,1-2H3,(H,11,14). The Bertz CT molecular complexity index is 339. The Morgan fingerprint density at radius 2 is 2.38 bits per heavy atom. The summed E-state index contributed by atoms with van der Waals surface area (Å²) in [5.41, 5.74) is 0. The highest BCUT2D eigenvalue weighted by molar-refractivity contribution is 7.17. The molecule has 1 amide bonds. The van der Waals surface area contributed by atoms with Gasteiger partial charge in [-0.3, -0.25) is 4.79 Å². The maximum Gasteiger partial charge on any atom is 0.282 e. The summed E-state index contributed by atoms with van der Waals surface area (Å²) in [6.07, 6.45) is 1.84. The minimum Gasteiger partial charge on any atom is -0.383 e. The zero-order valence-corrected chi connectivity index (χ0v) is 10.8. The van der Waals surface area contributed by atoms with Crippen LogP contribution in [0.2, 0.25) is 4.47 Å². The molecule has 1 heterocycles. The summed E-state index contributed by atoms with van der Waals surface area (Å²) in [5.74, 6) is -0.250. The van der Waals surface area contributed by atoms with Crippen molar-refractivity contribution in [2.75, 3.05) is 13.7 Å². The van der Waals surface area contributed by atoms with Crippen LogP contribution in [0.15, 0.2) is 0 Å². The van der Waals surface area contributed by atoms with Crippen LogP contribution in [-0.4, -0.2) is 35.9 Å². The van der Waals surface area contributed by atoms with Crippen LogP contribution in [0.3, 0.4) is 0 Å². The van der Waals surface area contributed by atoms with E-state index in [1.165, 1.54) is 0 Å². The number of nitrogens with zero attached hydrogens (tertiary/aromatic N) is 2. The van der Waals surface area contributed by atoms with Crippen molar-refractivity contribution in [2.24, 2.45) is 0 Å². The first kappa shape index (κ1) is 13.3. The van der Waals surface area contributed by atoms with E-state index in [0.29, 0.717) is 6.61 Å². The molecule has 0 spiro atoms. The van der Waals surface area contributed by atoms with E-state index >= 15 is 0 Å². The van der Waals surface area contributed by atoms with Crippen molar-refractivity contribution in [1.82, 2.24) is 15.5 Å². The van der Waals surface area contributed by atoms with Gasteiger partial charge in [-0.2, -0.15) is 0 Å². The van der Waals surface area contributed by atoms with E-state index in [-0.39, 0.29) is 21.4 Å². The van der Waals surface area contributed by atoms with Gasteiger partial charge >= 0.3 is 0 Å². The Labute approximate surface area is 103 Å². The smallest absolute Gasteiger partial charge is 0.282 e. The maximum absolute atomic E-state index is 11.7. The number of hydrogen-bond acceptors (Lipinski definition) is 5. The van der Waals surface area contributed by atoms with E-state index in [2.05, 4.69) is 22.4 Å². The van der Waals surface area contributed by atoms with Gasteiger partial charge in [-0.05, 0) is 18.0 Å². The van der Waals surface area contributed by atoms with E-state index < -0.39 is 0 Å². The SMILES string of the molecule is CCCC(COC)NC(=O)c1nnc(Cl)s1. The summed E-state index contributed by atoms with van der Waals surface area (Å²) >= 11 is 6.67. The number of nitrogens with one attached hydrogen (secondary N) is 1. The third-order valence-corrected chi connectivity index (χ3v) is 2.95. The number of carbonyl (C=O) groups excluding carboxylic acids is 1. The van der Waals surface area contributed by atoms with Crippen molar-refractivity contribution in [1.29, 1.82) is 0 Å². The lowest BCUT2D eigenvalue weighted by atomic mass is 10.2. The quantitative estimate of drug-likeness (QED) is 0.849. The van der Waals surface area contributed by atoms with Crippen molar-refractivity contribution in [2.45, 2.75) is 25.8 Å². The third kappa shape index (κ3) is 4.03. The Kier molecular flexibility index (Phi) is 5.65. The van der Waals surface area contributed by atoms with Gasteiger partial charge in [-0.15, -0.1) is 10.2 Å². The van der Waals surface area contributed by atoms with Gasteiger partial charge in [-0.1, -0.05) is 24.7 Å². The maximum atomic E-state index is 11.7. The number of amides is 1. The van der Waals surface area contributed by atoms with Gasteiger partial charge < -0.3 is 10.1 Å². The van der Waals surface area contributed by atoms with Crippen LogP contribution in [-0.2, 0) is 4.74 Å². The molecule has 5 nitrogen and oxygen atoms in total. The first-order chi connectivity index (χ1) is 7.67.